The van der Waals surface area contributed by atoms with Crippen molar-refractivity contribution in [2.45, 2.75) is 58.4 Å². The first kappa shape index (κ1) is 13.5. The Morgan fingerprint density at radius 1 is 1.44 bits per heavy atom. The van der Waals surface area contributed by atoms with Crippen molar-refractivity contribution in [1.82, 2.24) is 4.90 Å². The quantitative estimate of drug-likeness (QED) is 0.798. The number of amides is 1. The van der Waals surface area contributed by atoms with Gasteiger partial charge in [0.2, 0.25) is 5.91 Å². The van der Waals surface area contributed by atoms with Crippen molar-refractivity contribution in [1.29, 1.82) is 0 Å². The molecule has 0 saturated carbocycles. The smallest absolute Gasteiger partial charge is 0.222 e. The Morgan fingerprint density at radius 2 is 2.19 bits per heavy atom. The molecule has 16 heavy (non-hydrogen) atoms. The van der Waals surface area contributed by atoms with Crippen LogP contribution < -0.4 is 5.73 Å². The average Bonchev–Trinajstić information content (AvgIpc) is 2.50. The highest BCUT2D eigenvalue weighted by Crippen LogP contribution is 2.20. The second-order valence-corrected chi connectivity index (χ2v) is 5.10. The SMILES string of the molecule is CCC1CCCN(C(=O)CCC(C)N)CC1. The molecule has 1 amide bonds. The normalized spacial score (nSPS) is 23.9. The van der Waals surface area contributed by atoms with Gasteiger partial charge < -0.3 is 10.6 Å². The summed E-state index contributed by atoms with van der Waals surface area (Å²) in [6.45, 7) is 6.12. The summed E-state index contributed by atoms with van der Waals surface area (Å²) in [6.07, 6.45) is 6.32. The van der Waals surface area contributed by atoms with Crippen LogP contribution in [0.25, 0.3) is 0 Å². The maximum absolute atomic E-state index is 11.9. The van der Waals surface area contributed by atoms with E-state index in [0.717, 1.165) is 25.4 Å². The lowest BCUT2D eigenvalue weighted by atomic mass is 9.98. The lowest BCUT2D eigenvalue weighted by Crippen LogP contribution is -2.33. The molecule has 0 aliphatic carbocycles. The van der Waals surface area contributed by atoms with Crippen LogP contribution >= 0.6 is 0 Å². The van der Waals surface area contributed by atoms with Crippen LogP contribution in [0.1, 0.15) is 52.4 Å². The third-order valence-electron chi connectivity index (χ3n) is 3.59. The van der Waals surface area contributed by atoms with Gasteiger partial charge in [0.25, 0.3) is 0 Å². The van der Waals surface area contributed by atoms with Crippen LogP contribution in [-0.4, -0.2) is 29.9 Å². The Bertz CT molecular complexity index is 216. The molecule has 0 aromatic rings. The highest BCUT2D eigenvalue weighted by atomic mass is 16.2. The van der Waals surface area contributed by atoms with Crippen molar-refractivity contribution in [2.24, 2.45) is 11.7 Å². The molecule has 1 fully saturated rings. The maximum Gasteiger partial charge on any atom is 0.222 e. The summed E-state index contributed by atoms with van der Waals surface area (Å²) in [6, 6.07) is 0.138. The predicted molar refractivity (Wildman–Crippen MR) is 67.1 cm³/mol. The molecule has 1 aliphatic heterocycles. The van der Waals surface area contributed by atoms with Gasteiger partial charge >= 0.3 is 0 Å². The molecule has 94 valence electrons. The molecule has 0 radical (unpaired) electrons. The van der Waals surface area contributed by atoms with Crippen molar-refractivity contribution in [3.63, 3.8) is 0 Å². The summed E-state index contributed by atoms with van der Waals surface area (Å²) < 4.78 is 0. The van der Waals surface area contributed by atoms with Gasteiger partial charge in [0.15, 0.2) is 0 Å². The second kappa shape index (κ2) is 6.89. The Labute approximate surface area is 99.4 Å². The van der Waals surface area contributed by atoms with Gasteiger partial charge in [-0.3, -0.25) is 4.79 Å². The molecule has 0 aromatic heterocycles. The number of nitrogens with zero attached hydrogens (tertiary/aromatic N) is 1. The van der Waals surface area contributed by atoms with Crippen molar-refractivity contribution in [3.8, 4) is 0 Å². The molecule has 2 N–H and O–H groups in total. The highest BCUT2D eigenvalue weighted by molar-refractivity contribution is 5.76. The third-order valence-corrected chi connectivity index (χ3v) is 3.59. The van der Waals surface area contributed by atoms with E-state index in [1.807, 2.05) is 11.8 Å². The molecule has 1 rings (SSSR count). The number of carbonyl (C=O) groups is 1. The Morgan fingerprint density at radius 3 is 2.81 bits per heavy atom. The molecule has 1 aliphatic rings. The summed E-state index contributed by atoms with van der Waals surface area (Å²) in [7, 11) is 0. The predicted octanol–water partition coefficient (Wildman–Crippen LogP) is 2.15. The summed E-state index contributed by atoms with van der Waals surface area (Å²) in [5, 5.41) is 0. The molecule has 3 nitrogen and oxygen atoms in total. The highest BCUT2D eigenvalue weighted by Gasteiger charge is 2.19. The summed E-state index contributed by atoms with van der Waals surface area (Å²) in [5.41, 5.74) is 5.67. The zero-order chi connectivity index (χ0) is 12.0. The lowest BCUT2D eigenvalue weighted by molar-refractivity contribution is -0.131. The van der Waals surface area contributed by atoms with E-state index in [2.05, 4.69) is 6.92 Å². The molecule has 1 heterocycles. The van der Waals surface area contributed by atoms with Crippen LogP contribution in [-0.2, 0) is 4.79 Å². The lowest BCUT2D eigenvalue weighted by Gasteiger charge is -2.21. The number of hydrogen-bond donors (Lipinski definition) is 1. The Kier molecular flexibility index (Phi) is 5.81. The van der Waals surface area contributed by atoms with Gasteiger partial charge in [-0.15, -0.1) is 0 Å². The van der Waals surface area contributed by atoms with Gasteiger partial charge in [-0.2, -0.15) is 0 Å². The van der Waals surface area contributed by atoms with Gasteiger partial charge in [0.05, 0.1) is 0 Å². The summed E-state index contributed by atoms with van der Waals surface area (Å²) in [4.78, 5) is 14.0. The topological polar surface area (TPSA) is 46.3 Å². The fourth-order valence-corrected chi connectivity index (χ4v) is 2.33. The van der Waals surface area contributed by atoms with Gasteiger partial charge in [-0.1, -0.05) is 13.3 Å². The van der Waals surface area contributed by atoms with E-state index in [0.29, 0.717) is 12.3 Å². The zero-order valence-electron chi connectivity index (χ0n) is 10.7. The average molecular weight is 226 g/mol. The fraction of sp³-hybridized carbons (Fsp3) is 0.923. The Hall–Kier alpha value is -0.570. The summed E-state index contributed by atoms with van der Waals surface area (Å²) >= 11 is 0. The molecule has 2 unspecified atom stereocenters. The fourth-order valence-electron chi connectivity index (χ4n) is 2.33. The van der Waals surface area contributed by atoms with E-state index < -0.39 is 0 Å². The molecule has 0 bridgehead atoms. The number of hydrogen-bond acceptors (Lipinski definition) is 2. The zero-order valence-corrected chi connectivity index (χ0v) is 10.7. The third kappa shape index (κ3) is 4.52. The number of likely N-dealkylation sites (tertiary alicyclic amines) is 1. The summed E-state index contributed by atoms with van der Waals surface area (Å²) in [5.74, 6) is 1.13. The van der Waals surface area contributed by atoms with Crippen LogP contribution in [0.15, 0.2) is 0 Å². The van der Waals surface area contributed by atoms with Crippen molar-refractivity contribution in [2.75, 3.05) is 13.1 Å². The minimum Gasteiger partial charge on any atom is -0.343 e. The van der Waals surface area contributed by atoms with E-state index >= 15 is 0 Å². The van der Waals surface area contributed by atoms with Crippen molar-refractivity contribution in [3.05, 3.63) is 0 Å². The van der Waals surface area contributed by atoms with Crippen LogP contribution in [0.3, 0.4) is 0 Å². The first-order valence-corrected chi connectivity index (χ1v) is 6.66. The van der Waals surface area contributed by atoms with E-state index in [-0.39, 0.29) is 6.04 Å². The van der Waals surface area contributed by atoms with Gasteiger partial charge in [-0.05, 0) is 38.5 Å². The number of nitrogens with two attached hydrogens (primary N) is 1. The number of rotatable bonds is 4. The monoisotopic (exact) mass is 226 g/mol. The minimum atomic E-state index is 0.138. The van der Waals surface area contributed by atoms with Crippen LogP contribution in [0, 0.1) is 5.92 Å². The Balaban J connectivity index is 2.33. The van der Waals surface area contributed by atoms with Gasteiger partial charge in [-0.25, -0.2) is 0 Å². The van der Waals surface area contributed by atoms with Crippen LogP contribution in [0.5, 0.6) is 0 Å². The molecule has 1 saturated heterocycles. The molecule has 0 aromatic carbocycles. The first-order valence-electron chi connectivity index (χ1n) is 6.66. The van der Waals surface area contributed by atoms with Gasteiger partial charge in [0, 0.05) is 25.6 Å². The van der Waals surface area contributed by atoms with Crippen molar-refractivity contribution < 1.29 is 4.79 Å². The molecule has 0 spiro atoms. The largest absolute Gasteiger partial charge is 0.343 e. The van der Waals surface area contributed by atoms with Crippen LogP contribution in [0.2, 0.25) is 0 Å². The van der Waals surface area contributed by atoms with E-state index in [9.17, 15) is 4.79 Å². The van der Waals surface area contributed by atoms with E-state index in [4.69, 9.17) is 5.73 Å². The second-order valence-electron chi connectivity index (χ2n) is 5.10. The molecule has 2 atom stereocenters. The first-order chi connectivity index (χ1) is 7.63. The number of carbonyl (C=O) groups excluding carboxylic acids is 1. The van der Waals surface area contributed by atoms with Crippen LogP contribution in [0.4, 0.5) is 0 Å². The molecular formula is C13H26N2O. The minimum absolute atomic E-state index is 0.138. The van der Waals surface area contributed by atoms with Crippen molar-refractivity contribution >= 4 is 5.91 Å². The van der Waals surface area contributed by atoms with E-state index in [1.54, 1.807) is 0 Å². The molecular weight excluding hydrogens is 200 g/mol. The molecule has 3 heteroatoms. The van der Waals surface area contributed by atoms with E-state index in [1.165, 1.54) is 25.7 Å². The standard InChI is InChI=1S/C13H26N2O/c1-3-12-5-4-9-15(10-8-12)13(16)7-6-11(2)14/h11-12H,3-10,14H2,1-2H3. The maximum atomic E-state index is 11.9. The van der Waals surface area contributed by atoms with Gasteiger partial charge in [0.1, 0.15) is 0 Å².